The minimum atomic E-state index is -1.21. The summed E-state index contributed by atoms with van der Waals surface area (Å²) < 4.78 is 0. The molecule has 0 radical (unpaired) electrons. The molecule has 0 unspecified atom stereocenters. The van der Waals surface area contributed by atoms with Gasteiger partial charge in [0.1, 0.15) is 42.0 Å². The number of carboxylic acid groups (broad SMARTS) is 7. The summed E-state index contributed by atoms with van der Waals surface area (Å²) in [6.07, 6.45) is -0.893. The highest BCUT2D eigenvalue weighted by Gasteiger charge is 2.16. The molecule has 2 amide bonds. The maximum atomic E-state index is 10.4. The van der Waals surface area contributed by atoms with Gasteiger partial charge >= 0.3 is 41.8 Å². The number of hydrogen-bond donors (Lipinski definition) is 20. The van der Waals surface area contributed by atoms with E-state index in [4.69, 9.17) is 91.2 Å². The van der Waals surface area contributed by atoms with Crippen LogP contribution in [0.1, 0.15) is 31.7 Å². The number of benzene rings is 1. The van der Waals surface area contributed by atoms with Gasteiger partial charge in [-0.1, -0.05) is 12.1 Å². The van der Waals surface area contributed by atoms with Gasteiger partial charge < -0.3 is 103 Å². The number of aliphatic hydroxyl groups excluding tert-OH is 2. The van der Waals surface area contributed by atoms with Crippen molar-refractivity contribution in [3.63, 3.8) is 0 Å². The van der Waals surface area contributed by atoms with E-state index >= 15 is 0 Å². The molecule has 0 saturated carbocycles. The summed E-state index contributed by atoms with van der Waals surface area (Å²) in [5.74, 6) is -8.56. The van der Waals surface area contributed by atoms with Crippen LogP contribution in [0.5, 0.6) is 5.75 Å². The maximum absolute atomic E-state index is 10.4. The van der Waals surface area contributed by atoms with Gasteiger partial charge in [-0.05, 0) is 37.5 Å². The standard InChI is InChI=1S/C9H11NO3.C5H10N2O3.C4H8N2O3.C4H9NO3.C3H7NO3.C3H7NO2S.C2H5NO2/c10-8(9(12)13)5-6-1-3-7(11)4-2-6;6-3(5(9)10)1-2-4(7)8;5-2(4(8)9)1-3(6)7;1-2(6)3(5)4(7)8;4-2(1-5)3(6)7;4-2(1-7)3(5)6;3-1-2(4)5/h1-4,8,11H,5,10H2,(H,12,13);3H,1-2,6H2,(H2,7,8)(H,9,10);2H,1,5H2,(H2,6,7)(H,8,9);2-3,6H,5H2,1H3,(H,7,8);2,5H,1,4H2,(H,6,7);2,7H,1,4H2,(H,5,6);1,3H2,(H,4,5)/t8-;3-;2-;2-,3+;2*2-;/m000100./s1. The molecule has 59 heavy (non-hydrogen) atoms. The van der Waals surface area contributed by atoms with Crippen molar-refractivity contribution in [1.29, 1.82) is 0 Å². The van der Waals surface area contributed by atoms with Gasteiger partial charge in [0.15, 0.2) is 0 Å². The highest BCUT2D eigenvalue weighted by Crippen LogP contribution is 2.10. The molecule has 0 fully saturated rings. The van der Waals surface area contributed by atoms with Gasteiger partial charge in [-0.2, -0.15) is 12.6 Å². The van der Waals surface area contributed by atoms with E-state index in [1.54, 1.807) is 12.1 Å². The first-order valence-corrected chi connectivity index (χ1v) is 16.6. The predicted octanol–water partition coefficient (Wildman–Crippen LogP) is -7.19. The van der Waals surface area contributed by atoms with Crippen molar-refractivity contribution in [2.75, 3.05) is 18.9 Å². The molecule has 0 aliphatic carbocycles. The van der Waals surface area contributed by atoms with Gasteiger partial charge in [-0.25, -0.2) is 0 Å². The summed E-state index contributed by atoms with van der Waals surface area (Å²) in [6.45, 7) is 0.550. The van der Waals surface area contributed by atoms with Crippen molar-refractivity contribution in [3.8, 4) is 5.75 Å². The summed E-state index contributed by atoms with van der Waals surface area (Å²) in [6, 6.07) is 0.183. The number of aromatic hydroxyl groups is 1. The molecule has 0 aliphatic rings. The number of carbonyl (C=O) groups is 9. The molecule has 7 atom stereocenters. The lowest BCUT2D eigenvalue weighted by Crippen LogP contribution is -2.39. The average molecular weight is 880 g/mol. The topological polar surface area (TPSA) is 590 Å². The fraction of sp³-hybridized carbons (Fsp3) is 0.500. The highest BCUT2D eigenvalue weighted by atomic mass is 32.1. The molecule has 28 N–H and O–H groups in total. The Kier molecular flexibility index (Phi) is 43.1. The maximum Gasteiger partial charge on any atom is 0.323 e. The molecule has 1 aromatic carbocycles. The monoisotopic (exact) mass is 879 g/mol. The number of phenols is 1. The molecular weight excluding hydrogens is 822 g/mol. The molecule has 0 bridgehead atoms. The quantitative estimate of drug-likeness (QED) is 0.0646. The fourth-order valence-electron chi connectivity index (χ4n) is 2.06. The van der Waals surface area contributed by atoms with Gasteiger partial charge in [0.05, 0.1) is 25.7 Å². The summed E-state index contributed by atoms with van der Waals surface area (Å²) in [5, 5.41) is 81.8. The predicted molar refractivity (Wildman–Crippen MR) is 207 cm³/mol. The number of rotatable bonds is 17. The number of thiol groups is 1. The summed E-state index contributed by atoms with van der Waals surface area (Å²) in [4.78, 5) is 88.9. The Hall–Kier alpha value is -5.76. The van der Waals surface area contributed by atoms with Crippen LogP contribution in [0.15, 0.2) is 24.3 Å². The van der Waals surface area contributed by atoms with Crippen molar-refractivity contribution in [1.82, 2.24) is 0 Å². The van der Waals surface area contributed by atoms with E-state index in [1.807, 2.05) is 0 Å². The van der Waals surface area contributed by atoms with E-state index in [0.29, 0.717) is 0 Å². The van der Waals surface area contributed by atoms with Crippen molar-refractivity contribution in [2.24, 2.45) is 51.6 Å². The zero-order valence-electron chi connectivity index (χ0n) is 31.6. The van der Waals surface area contributed by atoms with Crippen LogP contribution in [0, 0.1) is 0 Å². The van der Waals surface area contributed by atoms with Gasteiger partial charge in [0, 0.05) is 12.2 Å². The molecule has 1 aromatic rings. The zero-order chi connectivity index (χ0) is 48.2. The summed E-state index contributed by atoms with van der Waals surface area (Å²) in [5.41, 5.74) is 44.7. The van der Waals surface area contributed by atoms with Crippen LogP contribution in [0.3, 0.4) is 0 Å². The van der Waals surface area contributed by atoms with Crippen molar-refractivity contribution in [3.05, 3.63) is 29.8 Å². The number of amides is 2. The van der Waals surface area contributed by atoms with Gasteiger partial charge in [-0.3, -0.25) is 43.2 Å². The molecule has 29 heteroatoms. The number of carbonyl (C=O) groups excluding carboxylic acids is 2. The Morgan fingerprint density at radius 3 is 1.15 bits per heavy atom. The molecular formula is C30H57N9O19S. The second-order valence-corrected chi connectivity index (χ2v) is 11.2. The normalized spacial score (nSPS) is 12.9. The van der Waals surface area contributed by atoms with Crippen LogP contribution in [-0.2, 0) is 49.6 Å². The first kappa shape index (κ1) is 65.1. The Morgan fingerprint density at radius 1 is 0.610 bits per heavy atom. The van der Waals surface area contributed by atoms with E-state index < -0.39 is 103 Å². The number of carboxylic acids is 7. The van der Waals surface area contributed by atoms with Crippen molar-refractivity contribution in [2.45, 2.75) is 75.0 Å². The first-order valence-electron chi connectivity index (χ1n) is 15.9. The minimum absolute atomic E-state index is 0.0213. The van der Waals surface area contributed by atoms with E-state index in [9.17, 15) is 43.2 Å². The van der Waals surface area contributed by atoms with E-state index in [2.05, 4.69) is 24.1 Å². The third-order valence-corrected chi connectivity index (χ3v) is 5.87. The number of aliphatic hydroxyl groups is 2. The van der Waals surface area contributed by atoms with Crippen LogP contribution in [-0.4, -0.2) is 166 Å². The number of hydrogen-bond acceptors (Lipinski definition) is 20. The smallest absolute Gasteiger partial charge is 0.323 e. The molecule has 1 rings (SSSR count). The van der Waals surface area contributed by atoms with Gasteiger partial charge in [-0.15, -0.1) is 0 Å². The largest absolute Gasteiger partial charge is 0.508 e. The summed E-state index contributed by atoms with van der Waals surface area (Å²) >= 11 is 3.65. The fourth-order valence-corrected chi connectivity index (χ4v) is 2.22. The molecule has 0 aromatic heterocycles. The Balaban J connectivity index is -0.000000142. The van der Waals surface area contributed by atoms with E-state index in [-0.39, 0.29) is 43.7 Å². The van der Waals surface area contributed by atoms with Crippen LogP contribution < -0.4 is 51.6 Å². The van der Waals surface area contributed by atoms with E-state index in [0.717, 1.165) is 5.56 Å². The Morgan fingerprint density at radius 2 is 0.983 bits per heavy atom. The van der Waals surface area contributed by atoms with Crippen LogP contribution >= 0.6 is 12.6 Å². The number of nitrogens with two attached hydrogens (primary N) is 9. The Labute approximate surface area is 341 Å². The average Bonchev–Trinajstić information content (AvgIpc) is 3.14. The lowest BCUT2D eigenvalue weighted by molar-refractivity contribution is -0.141. The highest BCUT2D eigenvalue weighted by molar-refractivity contribution is 7.80. The molecule has 342 valence electrons. The molecule has 28 nitrogen and oxygen atoms in total. The third kappa shape index (κ3) is 50.2. The van der Waals surface area contributed by atoms with Gasteiger partial charge in [0.2, 0.25) is 11.8 Å². The molecule has 0 aliphatic heterocycles. The molecule has 0 spiro atoms. The first-order chi connectivity index (χ1) is 26.9. The zero-order valence-corrected chi connectivity index (χ0v) is 32.5. The number of phenolic OH excluding ortho intramolecular Hbond substituents is 1. The van der Waals surface area contributed by atoms with E-state index in [1.165, 1.54) is 19.1 Å². The van der Waals surface area contributed by atoms with Crippen LogP contribution in [0.4, 0.5) is 0 Å². The SMILES string of the molecule is C[C@@H](O)[C@H](N)C(=O)O.NC(=O)CC[C@H](N)C(=O)O.NC(=O)C[C@H](N)C(=O)O.NCC(=O)O.N[C@@H](CO)C(=O)O.N[C@@H](CS)C(=O)O.N[C@@H](Cc1ccc(O)cc1)C(=O)O. The van der Waals surface area contributed by atoms with Gasteiger partial charge in [0.25, 0.3) is 0 Å². The molecule has 0 heterocycles. The van der Waals surface area contributed by atoms with Crippen LogP contribution in [0.2, 0.25) is 0 Å². The molecule has 0 saturated heterocycles. The number of primary amides is 2. The lowest BCUT2D eigenvalue weighted by atomic mass is 10.1. The second kappa shape index (κ2) is 39.1. The van der Waals surface area contributed by atoms with Crippen molar-refractivity contribution >= 4 is 66.2 Å². The minimum Gasteiger partial charge on any atom is -0.508 e. The third-order valence-electron chi connectivity index (χ3n) is 5.47. The summed E-state index contributed by atoms with van der Waals surface area (Å²) in [7, 11) is 0. The van der Waals surface area contributed by atoms with Crippen molar-refractivity contribution < 1.29 is 94.2 Å². The number of aliphatic carboxylic acids is 7. The lowest BCUT2D eigenvalue weighted by Gasteiger charge is -2.06. The van der Waals surface area contributed by atoms with Crippen LogP contribution in [0.25, 0.3) is 0 Å². The second-order valence-electron chi connectivity index (χ2n) is 10.8. The Bertz CT molecular complexity index is 1390.